The number of methoxy groups -OCH3 is 2. The number of anilines is 1. The lowest BCUT2D eigenvalue weighted by molar-refractivity contribution is -0.138. The summed E-state index contributed by atoms with van der Waals surface area (Å²) in [6.45, 7) is 1.52. The molecule has 2 aliphatic heterocycles. The minimum Gasteiger partial charge on any atom is -0.497 e. The maximum absolute atomic E-state index is 13.1. The van der Waals surface area contributed by atoms with Gasteiger partial charge in [-0.3, -0.25) is 9.59 Å². The molecule has 2 amide bonds. The van der Waals surface area contributed by atoms with Gasteiger partial charge >= 0.3 is 0 Å². The summed E-state index contributed by atoms with van der Waals surface area (Å²) in [6.07, 6.45) is 1.73. The summed E-state index contributed by atoms with van der Waals surface area (Å²) in [5.74, 6) is 1.15. The molecule has 0 radical (unpaired) electrons. The minimum atomic E-state index is -0.353. The van der Waals surface area contributed by atoms with Crippen LogP contribution < -0.4 is 19.1 Å². The molecule has 0 saturated carbocycles. The number of hydrogen-bond acceptors (Lipinski definition) is 7. The van der Waals surface area contributed by atoms with Crippen LogP contribution in [0.15, 0.2) is 36.4 Å². The summed E-state index contributed by atoms with van der Waals surface area (Å²) < 4.78 is 16.1. The summed E-state index contributed by atoms with van der Waals surface area (Å²) in [7, 11) is 3.13. The lowest BCUT2D eigenvalue weighted by Gasteiger charge is -2.34. The fourth-order valence-corrected chi connectivity index (χ4v) is 4.03. The first kappa shape index (κ1) is 20.9. The van der Waals surface area contributed by atoms with Gasteiger partial charge in [0.15, 0.2) is 0 Å². The Morgan fingerprint density at radius 2 is 1.74 bits per heavy atom. The first-order chi connectivity index (χ1) is 15.1. The molecule has 1 aromatic heterocycles. The van der Waals surface area contributed by atoms with Gasteiger partial charge in [0.1, 0.15) is 11.9 Å². The molecule has 2 aromatic rings. The summed E-state index contributed by atoms with van der Waals surface area (Å²) in [6, 6.07) is 10.7. The van der Waals surface area contributed by atoms with Crippen LogP contribution in [0.25, 0.3) is 0 Å². The van der Waals surface area contributed by atoms with Gasteiger partial charge < -0.3 is 24.0 Å². The summed E-state index contributed by atoms with van der Waals surface area (Å²) >= 11 is 0. The van der Waals surface area contributed by atoms with Crippen molar-refractivity contribution in [1.29, 1.82) is 0 Å². The number of nitrogens with zero attached hydrogens (tertiary/aromatic N) is 4. The predicted octanol–water partition coefficient (Wildman–Crippen LogP) is 1.92. The van der Waals surface area contributed by atoms with Crippen LogP contribution in [0.2, 0.25) is 0 Å². The van der Waals surface area contributed by atoms with Crippen LogP contribution in [0.1, 0.15) is 19.3 Å². The number of amides is 2. The third-order valence-corrected chi connectivity index (χ3v) is 5.66. The van der Waals surface area contributed by atoms with Crippen LogP contribution >= 0.6 is 0 Å². The van der Waals surface area contributed by atoms with Gasteiger partial charge in [0, 0.05) is 37.3 Å². The topological polar surface area (TPSA) is 94.1 Å². The molecule has 1 aromatic carbocycles. The van der Waals surface area contributed by atoms with Gasteiger partial charge in [-0.05, 0) is 37.1 Å². The number of carbonyl (C=O) groups is 2. The fraction of sp³-hybridized carbons (Fsp3) is 0.455. The van der Waals surface area contributed by atoms with E-state index in [2.05, 4.69) is 10.2 Å². The fourth-order valence-electron chi connectivity index (χ4n) is 4.03. The number of carbonyl (C=O) groups excluding carboxylic acids is 2. The van der Waals surface area contributed by atoms with Gasteiger partial charge in [-0.1, -0.05) is 0 Å². The summed E-state index contributed by atoms with van der Waals surface area (Å²) in [5, 5.41) is 7.90. The van der Waals surface area contributed by atoms with Crippen molar-refractivity contribution < 1.29 is 23.8 Å². The maximum Gasteiger partial charge on any atom is 0.233 e. The van der Waals surface area contributed by atoms with E-state index in [9.17, 15) is 9.59 Å². The standard InChI is InChI=1S/C22H26N4O5/c1-29-17-7-5-16(6-8-17)26-13-15(12-21(26)27)22(28)25-11-3-4-18(14-25)31-20-10-9-19(30-2)23-24-20/h5-10,15,18H,3-4,11-14H2,1-2H3. The number of hydrogen-bond donors (Lipinski definition) is 0. The highest BCUT2D eigenvalue weighted by Crippen LogP contribution is 2.29. The molecule has 31 heavy (non-hydrogen) atoms. The van der Waals surface area contributed by atoms with Gasteiger partial charge in [-0.25, -0.2) is 0 Å². The highest BCUT2D eigenvalue weighted by atomic mass is 16.5. The summed E-state index contributed by atoms with van der Waals surface area (Å²) in [4.78, 5) is 29.2. The van der Waals surface area contributed by atoms with Crippen molar-refractivity contribution in [2.24, 2.45) is 5.92 Å². The molecule has 3 heterocycles. The molecule has 2 aliphatic rings. The Balaban J connectivity index is 1.36. The molecule has 2 atom stereocenters. The highest BCUT2D eigenvalue weighted by molar-refractivity contribution is 6.00. The molecular formula is C22H26N4O5. The van der Waals surface area contributed by atoms with Crippen molar-refractivity contribution >= 4 is 17.5 Å². The Hall–Kier alpha value is -3.36. The molecular weight excluding hydrogens is 400 g/mol. The number of rotatable bonds is 6. The zero-order valence-corrected chi connectivity index (χ0v) is 17.7. The monoisotopic (exact) mass is 426 g/mol. The van der Waals surface area contributed by atoms with Gasteiger partial charge in [0.25, 0.3) is 0 Å². The predicted molar refractivity (Wildman–Crippen MR) is 112 cm³/mol. The third-order valence-electron chi connectivity index (χ3n) is 5.66. The molecule has 4 rings (SSSR count). The van der Waals surface area contributed by atoms with E-state index >= 15 is 0 Å². The first-order valence-electron chi connectivity index (χ1n) is 10.3. The minimum absolute atomic E-state index is 0.00141. The molecule has 2 unspecified atom stereocenters. The van der Waals surface area contributed by atoms with Crippen LogP contribution in [0.3, 0.4) is 0 Å². The smallest absolute Gasteiger partial charge is 0.233 e. The Labute approximate surface area is 180 Å². The van der Waals surface area contributed by atoms with E-state index < -0.39 is 0 Å². The van der Waals surface area contributed by atoms with Crippen LogP contribution in [-0.4, -0.2) is 66.9 Å². The second-order valence-electron chi connectivity index (χ2n) is 7.68. The molecule has 9 heteroatoms. The van der Waals surface area contributed by atoms with E-state index in [4.69, 9.17) is 14.2 Å². The van der Waals surface area contributed by atoms with E-state index in [1.165, 1.54) is 7.11 Å². The maximum atomic E-state index is 13.1. The second kappa shape index (κ2) is 9.20. The largest absolute Gasteiger partial charge is 0.497 e. The number of likely N-dealkylation sites (tertiary alicyclic amines) is 1. The Kier molecular flexibility index (Phi) is 6.20. The quantitative estimate of drug-likeness (QED) is 0.696. The number of piperidine rings is 1. The molecule has 9 nitrogen and oxygen atoms in total. The lowest BCUT2D eigenvalue weighted by Crippen LogP contribution is -2.47. The van der Waals surface area contributed by atoms with Gasteiger partial charge in [0.05, 0.1) is 26.7 Å². The Bertz CT molecular complexity index is 919. The van der Waals surface area contributed by atoms with Crippen LogP contribution in [-0.2, 0) is 9.59 Å². The molecule has 0 bridgehead atoms. The summed E-state index contributed by atoms with van der Waals surface area (Å²) in [5.41, 5.74) is 0.777. The van der Waals surface area contributed by atoms with Crippen molar-refractivity contribution in [1.82, 2.24) is 15.1 Å². The number of ether oxygens (including phenoxy) is 3. The normalized spacial score (nSPS) is 21.2. The van der Waals surface area contributed by atoms with Crippen LogP contribution in [0, 0.1) is 5.92 Å². The zero-order valence-electron chi connectivity index (χ0n) is 17.7. The van der Waals surface area contributed by atoms with Crippen molar-refractivity contribution in [2.75, 3.05) is 38.8 Å². The molecule has 0 N–H and O–H groups in total. The molecule has 164 valence electrons. The molecule has 0 aliphatic carbocycles. The van der Waals surface area contributed by atoms with Crippen molar-refractivity contribution in [3.63, 3.8) is 0 Å². The SMILES string of the molecule is COc1ccc(N2CC(C(=O)N3CCCC(Oc4ccc(OC)nn4)C3)CC2=O)cc1. The number of aromatic nitrogens is 2. The Morgan fingerprint density at radius 1 is 1.00 bits per heavy atom. The number of benzene rings is 1. The van der Waals surface area contributed by atoms with E-state index in [0.717, 1.165) is 24.3 Å². The second-order valence-corrected chi connectivity index (χ2v) is 7.68. The first-order valence-corrected chi connectivity index (χ1v) is 10.3. The van der Waals surface area contributed by atoms with Crippen molar-refractivity contribution in [3.05, 3.63) is 36.4 Å². The van der Waals surface area contributed by atoms with Crippen LogP contribution in [0.4, 0.5) is 5.69 Å². The van der Waals surface area contributed by atoms with Gasteiger partial charge in [0.2, 0.25) is 23.6 Å². The van der Waals surface area contributed by atoms with Crippen molar-refractivity contribution in [2.45, 2.75) is 25.4 Å². The van der Waals surface area contributed by atoms with E-state index in [-0.39, 0.29) is 30.3 Å². The average molecular weight is 426 g/mol. The van der Waals surface area contributed by atoms with E-state index in [1.807, 2.05) is 24.3 Å². The van der Waals surface area contributed by atoms with E-state index in [0.29, 0.717) is 31.4 Å². The highest BCUT2D eigenvalue weighted by Gasteiger charge is 2.38. The van der Waals surface area contributed by atoms with Crippen molar-refractivity contribution in [3.8, 4) is 17.5 Å². The third kappa shape index (κ3) is 4.70. The molecule has 2 fully saturated rings. The molecule has 0 spiro atoms. The average Bonchev–Trinajstić information content (AvgIpc) is 3.21. The van der Waals surface area contributed by atoms with Gasteiger partial charge in [-0.15, -0.1) is 10.2 Å². The Morgan fingerprint density at radius 3 is 2.42 bits per heavy atom. The van der Waals surface area contributed by atoms with Gasteiger partial charge in [-0.2, -0.15) is 0 Å². The van der Waals surface area contributed by atoms with Crippen LogP contribution in [0.5, 0.6) is 17.5 Å². The zero-order chi connectivity index (χ0) is 21.8. The van der Waals surface area contributed by atoms with E-state index in [1.54, 1.807) is 29.0 Å². The lowest BCUT2D eigenvalue weighted by atomic mass is 10.0. The molecule has 2 saturated heterocycles.